The maximum absolute atomic E-state index is 10.3. The van der Waals surface area contributed by atoms with Crippen molar-refractivity contribution in [1.82, 2.24) is 20.2 Å². The van der Waals surface area contributed by atoms with Gasteiger partial charge in [0.15, 0.2) is 5.82 Å². The molecule has 1 atom stereocenters. The fourth-order valence-electron chi connectivity index (χ4n) is 1.79. The molecule has 1 aromatic heterocycles. The van der Waals surface area contributed by atoms with Gasteiger partial charge in [0, 0.05) is 12.0 Å². The van der Waals surface area contributed by atoms with Gasteiger partial charge >= 0.3 is 0 Å². The van der Waals surface area contributed by atoms with E-state index in [4.69, 9.17) is 9.47 Å². The number of aryl methyl sites for hydroxylation is 1. The van der Waals surface area contributed by atoms with Crippen molar-refractivity contribution in [2.75, 3.05) is 14.2 Å². The molecule has 7 nitrogen and oxygen atoms in total. The van der Waals surface area contributed by atoms with E-state index in [2.05, 4.69) is 15.4 Å². The van der Waals surface area contributed by atoms with Gasteiger partial charge in [0.25, 0.3) is 0 Å². The van der Waals surface area contributed by atoms with Gasteiger partial charge in [0.05, 0.1) is 27.4 Å². The zero-order chi connectivity index (χ0) is 13.8. The van der Waals surface area contributed by atoms with E-state index in [0.29, 0.717) is 22.9 Å². The predicted molar refractivity (Wildman–Crippen MR) is 67.0 cm³/mol. The topological polar surface area (TPSA) is 82.3 Å². The molecule has 2 rings (SSSR count). The smallest absolute Gasteiger partial charge is 0.177 e. The van der Waals surface area contributed by atoms with Crippen LogP contribution in [0.4, 0.5) is 0 Å². The number of rotatable bonds is 5. The standard InChI is InChI=1S/C12H16N4O3/c1-16-14-12(13-15-16)7-10(17)9-6-8(18-2)4-5-11(9)19-3/h4-6,10,17H,7H2,1-3H3. The molecule has 0 bridgehead atoms. The molecule has 0 aliphatic heterocycles. The van der Waals surface area contributed by atoms with Crippen LogP contribution in [-0.4, -0.2) is 39.5 Å². The molecule has 19 heavy (non-hydrogen) atoms. The monoisotopic (exact) mass is 264 g/mol. The van der Waals surface area contributed by atoms with Crippen molar-refractivity contribution in [1.29, 1.82) is 0 Å². The summed E-state index contributed by atoms with van der Waals surface area (Å²) in [6.07, 6.45) is -0.522. The normalized spacial score (nSPS) is 12.2. The van der Waals surface area contributed by atoms with Crippen LogP contribution < -0.4 is 9.47 Å². The number of aromatic nitrogens is 4. The Balaban J connectivity index is 2.23. The van der Waals surface area contributed by atoms with Gasteiger partial charge in [-0.3, -0.25) is 0 Å². The Hall–Kier alpha value is -2.15. The quantitative estimate of drug-likeness (QED) is 0.847. The number of methoxy groups -OCH3 is 2. The summed E-state index contributed by atoms with van der Waals surface area (Å²) in [6, 6.07) is 5.26. The van der Waals surface area contributed by atoms with Crippen LogP contribution in [0, 0.1) is 0 Å². The van der Waals surface area contributed by atoms with Gasteiger partial charge in [-0.1, -0.05) is 0 Å². The lowest BCUT2D eigenvalue weighted by molar-refractivity contribution is 0.171. The summed E-state index contributed by atoms with van der Waals surface area (Å²) < 4.78 is 10.4. The van der Waals surface area contributed by atoms with E-state index in [-0.39, 0.29) is 6.42 Å². The molecule has 0 spiro atoms. The summed E-state index contributed by atoms with van der Waals surface area (Å²) in [5.41, 5.74) is 0.634. The minimum Gasteiger partial charge on any atom is -0.497 e. The Bertz CT molecular complexity index is 556. The van der Waals surface area contributed by atoms with Crippen LogP contribution in [0.15, 0.2) is 18.2 Å². The maximum Gasteiger partial charge on any atom is 0.177 e. The second-order valence-electron chi connectivity index (χ2n) is 4.02. The number of aliphatic hydroxyl groups excluding tert-OH is 1. The SMILES string of the molecule is COc1ccc(OC)c(C(O)Cc2nnn(C)n2)c1. The van der Waals surface area contributed by atoms with Crippen molar-refractivity contribution in [3.63, 3.8) is 0 Å². The maximum atomic E-state index is 10.3. The number of ether oxygens (including phenoxy) is 2. The summed E-state index contributed by atoms with van der Waals surface area (Å²) in [4.78, 5) is 1.35. The van der Waals surface area contributed by atoms with E-state index in [0.717, 1.165) is 0 Å². The molecule has 0 radical (unpaired) electrons. The molecule has 0 saturated carbocycles. The first-order valence-corrected chi connectivity index (χ1v) is 5.77. The molecule has 0 fully saturated rings. The first-order chi connectivity index (χ1) is 9.13. The summed E-state index contributed by atoms with van der Waals surface area (Å²) in [6.45, 7) is 0. The van der Waals surface area contributed by atoms with Gasteiger partial charge in [-0.25, -0.2) is 0 Å². The van der Waals surface area contributed by atoms with E-state index in [9.17, 15) is 5.11 Å². The largest absolute Gasteiger partial charge is 0.497 e. The zero-order valence-electron chi connectivity index (χ0n) is 11.1. The van der Waals surface area contributed by atoms with Crippen LogP contribution in [0.25, 0.3) is 0 Å². The molecule has 1 heterocycles. The number of tetrazole rings is 1. The van der Waals surface area contributed by atoms with E-state index in [1.165, 1.54) is 4.80 Å². The predicted octanol–water partition coefficient (Wildman–Crippen LogP) is 0.503. The molecule has 1 aromatic carbocycles. The molecular weight excluding hydrogens is 248 g/mol. The zero-order valence-corrected chi connectivity index (χ0v) is 11.1. The van der Waals surface area contributed by atoms with Crippen molar-refractivity contribution in [3.05, 3.63) is 29.6 Å². The fraction of sp³-hybridized carbons (Fsp3) is 0.417. The third-order valence-electron chi connectivity index (χ3n) is 2.72. The molecule has 1 unspecified atom stereocenters. The van der Waals surface area contributed by atoms with E-state index in [1.807, 2.05) is 0 Å². The summed E-state index contributed by atoms with van der Waals surface area (Å²) >= 11 is 0. The molecule has 2 aromatic rings. The Morgan fingerprint density at radius 2 is 2.11 bits per heavy atom. The molecule has 0 aliphatic rings. The third-order valence-corrected chi connectivity index (χ3v) is 2.72. The molecule has 7 heteroatoms. The highest BCUT2D eigenvalue weighted by atomic mass is 16.5. The number of hydrogen-bond acceptors (Lipinski definition) is 6. The highest BCUT2D eigenvalue weighted by molar-refractivity contribution is 5.41. The van der Waals surface area contributed by atoms with Crippen molar-refractivity contribution >= 4 is 0 Å². The van der Waals surface area contributed by atoms with E-state index >= 15 is 0 Å². The second-order valence-corrected chi connectivity index (χ2v) is 4.02. The number of benzene rings is 1. The minimum atomic E-state index is -0.783. The molecular formula is C12H16N4O3. The Morgan fingerprint density at radius 3 is 2.68 bits per heavy atom. The summed E-state index contributed by atoms with van der Waals surface area (Å²) in [7, 11) is 4.80. The van der Waals surface area contributed by atoms with E-state index in [1.54, 1.807) is 39.5 Å². The van der Waals surface area contributed by atoms with Crippen LogP contribution in [0.2, 0.25) is 0 Å². The van der Waals surface area contributed by atoms with Crippen molar-refractivity contribution in [2.24, 2.45) is 7.05 Å². The lowest BCUT2D eigenvalue weighted by Gasteiger charge is -2.14. The number of hydrogen-bond donors (Lipinski definition) is 1. The first kappa shape index (κ1) is 13.3. The second kappa shape index (κ2) is 5.66. The van der Waals surface area contributed by atoms with Crippen molar-refractivity contribution < 1.29 is 14.6 Å². The van der Waals surface area contributed by atoms with Crippen LogP contribution in [-0.2, 0) is 13.5 Å². The van der Waals surface area contributed by atoms with Gasteiger partial charge in [0.2, 0.25) is 0 Å². The average molecular weight is 264 g/mol. The Kier molecular flexibility index (Phi) is 3.96. The number of aliphatic hydroxyl groups is 1. The van der Waals surface area contributed by atoms with Crippen LogP contribution in [0.5, 0.6) is 11.5 Å². The summed E-state index contributed by atoms with van der Waals surface area (Å²) in [5.74, 6) is 1.72. The van der Waals surface area contributed by atoms with Gasteiger partial charge in [-0.2, -0.15) is 4.80 Å². The van der Waals surface area contributed by atoms with Gasteiger partial charge in [0.1, 0.15) is 11.5 Å². The van der Waals surface area contributed by atoms with Crippen LogP contribution in [0.1, 0.15) is 17.5 Å². The molecule has 1 N–H and O–H groups in total. The molecule has 0 aliphatic carbocycles. The summed E-state index contributed by atoms with van der Waals surface area (Å²) in [5, 5.41) is 21.9. The Morgan fingerprint density at radius 1 is 1.32 bits per heavy atom. The van der Waals surface area contributed by atoms with E-state index < -0.39 is 6.10 Å². The molecule has 102 valence electrons. The van der Waals surface area contributed by atoms with Gasteiger partial charge in [-0.15, -0.1) is 10.2 Å². The van der Waals surface area contributed by atoms with Gasteiger partial charge in [-0.05, 0) is 23.4 Å². The highest BCUT2D eigenvalue weighted by Crippen LogP contribution is 2.30. The van der Waals surface area contributed by atoms with Gasteiger partial charge < -0.3 is 14.6 Å². The number of nitrogens with zero attached hydrogens (tertiary/aromatic N) is 4. The van der Waals surface area contributed by atoms with Crippen LogP contribution in [0.3, 0.4) is 0 Å². The fourth-order valence-corrected chi connectivity index (χ4v) is 1.79. The molecule has 0 amide bonds. The van der Waals surface area contributed by atoms with Crippen molar-refractivity contribution in [2.45, 2.75) is 12.5 Å². The van der Waals surface area contributed by atoms with Crippen LogP contribution >= 0.6 is 0 Å². The lowest BCUT2D eigenvalue weighted by atomic mass is 10.0. The average Bonchev–Trinajstić information content (AvgIpc) is 2.83. The third kappa shape index (κ3) is 3.00. The minimum absolute atomic E-state index is 0.261. The lowest BCUT2D eigenvalue weighted by Crippen LogP contribution is -2.06. The first-order valence-electron chi connectivity index (χ1n) is 5.77. The molecule has 0 saturated heterocycles. The van der Waals surface area contributed by atoms with Crippen molar-refractivity contribution in [3.8, 4) is 11.5 Å². The highest BCUT2D eigenvalue weighted by Gasteiger charge is 2.17. The Labute approximate surface area is 110 Å².